The summed E-state index contributed by atoms with van der Waals surface area (Å²) >= 11 is 0. The second-order valence-electron chi connectivity index (χ2n) is 5.26. The van der Waals surface area contributed by atoms with Gasteiger partial charge in [0, 0.05) is 25.3 Å². The zero-order chi connectivity index (χ0) is 14.4. The highest BCUT2D eigenvalue weighted by atomic mass is 16.3. The lowest BCUT2D eigenvalue weighted by atomic mass is 9.89. The number of nitrogens with zero attached hydrogens (tertiary/aromatic N) is 1. The first kappa shape index (κ1) is 14.9. The maximum absolute atomic E-state index is 12.7. The van der Waals surface area contributed by atoms with E-state index in [-0.39, 0.29) is 18.4 Å². The third kappa shape index (κ3) is 3.31. The maximum atomic E-state index is 12.7. The van der Waals surface area contributed by atoms with E-state index >= 15 is 0 Å². The third-order valence-electron chi connectivity index (χ3n) is 3.85. The molecule has 1 heterocycles. The Kier molecular flexibility index (Phi) is 5.41. The van der Waals surface area contributed by atoms with Gasteiger partial charge in [0.1, 0.15) is 0 Å². The molecule has 110 valence electrons. The number of carbonyl (C=O) groups is 1. The van der Waals surface area contributed by atoms with Crippen molar-refractivity contribution in [2.45, 2.75) is 32.1 Å². The van der Waals surface area contributed by atoms with Gasteiger partial charge in [-0.1, -0.05) is 31.5 Å². The van der Waals surface area contributed by atoms with Crippen LogP contribution in [0.2, 0.25) is 0 Å². The van der Waals surface area contributed by atoms with Crippen molar-refractivity contribution in [2.75, 3.05) is 31.6 Å². The molecule has 2 rings (SSSR count). The number of anilines is 1. The van der Waals surface area contributed by atoms with Crippen molar-refractivity contribution in [3.05, 3.63) is 29.8 Å². The quantitative estimate of drug-likeness (QED) is 0.837. The molecule has 1 aromatic carbocycles. The molecule has 4 heteroatoms. The second kappa shape index (κ2) is 7.29. The summed E-state index contributed by atoms with van der Waals surface area (Å²) in [6.45, 7) is 4.14. The number of hydrogen-bond acceptors (Lipinski definition) is 3. The summed E-state index contributed by atoms with van der Waals surface area (Å²) in [7, 11) is 0. The van der Waals surface area contributed by atoms with E-state index in [4.69, 9.17) is 0 Å². The van der Waals surface area contributed by atoms with Gasteiger partial charge in [0.2, 0.25) is 5.91 Å². The van der Waals surface area contributed by atoms with E-state index in [9.17, 15) is 9.90 Å². The Bertz CT molecular complexity index is 448. The van der Waals surface area contributed by atoms with E-state index < -0.39 is 0 Å². The Labute approximate surface area is 120 Å². The predicted molar refractivity (Wildman–Crippen MR) is 80.9 cm³/mol. The number of para-hydroxylation sites is 1. The summed E-state index contributed by atoms with van der Waals surface area (Å²) < 4.78 is 0. The van der Waals surface area contributed by atoms with Crippen LogP contribution in [0.4, 0.5) is 5.69 Å². The Morgan fingerprint density at radius 3 is 2.95 bits per heavy atom. The minimum absolute atomic E-state index is 0.0298. The van der Waals surface area contributed by atoms with E-state index in [0.717, 1.165) is 43.6 Å². The van der Waals surface area contributed by atoms with Crippen LogP contribution in [0.3, 0.4) is 0 Å². The highest BCUT2D eigenvalue weighted by Gasteiger charge is 2.29. The van der Waals surface area contributed by atoms with E-state index in [2.05, 4.69) is 12.2 Å². The molecule has 0 aromatic heterocycles. The molecule has 1 unspecified atom stereocenters. The summed E-state index contributed by atoms with van der Waals surface area (Å²) in [4.78, 5) is 14.6. The first-order valence-corrected chi connectivity index (χ1v) is 7.50. The predicted octanol–water partition coefficient (Wildman–Crippen LogP) is 2.21. The van der Waals surface area contributed by atoms with Crippen molar-refractivity contribution < 1.29 is 9.90 Å². The monoisotopic (exact) mass is 276 g/mol. The summed E-state index contributed by atoms with van der Waals surface area (Å²) in [5, 5.41) is 12.5. The van der Waals surface area contributed by atoms with E-state index in [1.807, 2.05) is 29.2 Å². The normalized spacial score (nSPS) is 17.2. The van der Waals surface area contributed by atoms with Gasteiger partial charge >= 0.3 is 0 Å². The van der Waals surface area contributed by atoms with Crippen LogP contribution in [0.15, 0.2) is 24.3 Å². The largest absolute Gasteiger partial charge is 0.395 e. The molecule has 2 N–H and O–H groups in total. The van der Waals surface area contributed by atoms with Crippen molar-refractivity contribution in [1.82, 2.24) is 4.90 Å². The molecule has 1 atom stereocenters. The highest BCUT2D eigenvalue weighted by Crippen LogP contribution is 2.32. The van der Waals surface area contributed by atoms with Gasteiger partial charge in [0.25, 0.3) is 0 Å². The number of nitrogens with one attached hydrogen (secondary N) is 1. The molecule has 0 aliphatic carbocycles. The lowest BCUT2D eigenvalue weighted by Gasteiger charge is -2.31. The molecule has 0 fully saturated rings. The molecule has 0 radical (unpaired) electrons. The smallest absolute Gasteiger partial charge is 0.230 e. The number of hydrogen-bond donors (Lipinski definition) is 2. The number of rotatable bonds is 6. The fraction of sp³-hybridized carbons (Fsp3) is 0.562. The molecule has 0 bridgehead atoms. The summed E-state index contributed by atoms with van der Waals surface area (Å²) in [5.74, 6) is 0.0808. The topological polar surface area (TPSA) is 52.6 Å². The Hall–Kier alpha value is -1.55. The minimum Gasteiger partial charge on any atom is -0.395 e. The summed E-state index contributed by atoms with van der Waals surface area (Å²) in [6, 6.07) is 8.02. The molecule has 20 heavy (non-hydrogen) atoms. The van der Waals surface area contributed by atoms with Crippen LogP contribution < -0.4 is 5.32 Å². The fourth-order valence-electron chi connectivity index (χ4n) is 2.75. The highest BCUT2D eigenvalue weighted by molar-refractivity contribution is 5.86. The van der Waals surface area contributed by atoms with E-state index in [1.54, 1.807) is 0 Å². The van der Waals surface area contributed by atoms with Gasteiger partial charge in [0.05, 0.1) is 12.5 Å². The van der Waals surface area contributed by atoms with Gasteiger partial charge in [0.15, 0.2) is 0 Å². The fourth-order valence-corrected chi connectivity index (χ4v) is 2.75. The SMILES string of the molecule is CCCCN(CCO)C(=O)C1CCNc2ccccc21. The molecule has 1 aromatic rings. The van der Waals surface area contributed by atoms with Crippen molar-refractivity contribution in [1.29, 1.82) is 0 Å². The van der Waals surface area contributed by atoms with Crippen molar-refractivity contribution in [2.24, 2.45) is 0 Å². The molecular formula is C16H24N2O2. The number of benzene rings is 1. The number of aliphatic hydroxyl groups excluding tert-OH is 1. The lowest BCUT2D eigenvalue weighted by Crippen LogP contribution is -2.39. The number of fused-ring (bicyclic) bond motifs is 1. The third-order valence-corrected chi connectivity index (χ3v) is 3.85. The van der Waals surface area contributed by atoms with Gasteiger partial charge in [-0.3, -0.25) is 4.79 Å². The zero-order valence-corrected chi connectivity index (χ0v) is 12.1. The molecule has 1 amide bonds. The van der Waals surface area contributed by atoms with Gasteiger partial charge < -0.3 is 15.3 Å². The van der Waals surface area contributed by atoms with Crippen LogP contribution in [0.25, 0.3) is 0 Å². The Morgan fingerprint density at radius 1 is 1.40 bits per heavy atom. The summed E-state index contributed by atoms with van der Waals surface area (Å²) in [5.41, 5.74) is 2.15. The molecule has 0 saturated heterocycles. The van der Waals surface area contributed by atoms with Crippen LogP contribution in [0, 0.1) is 0 Å². The molecule has 4 nitrogen and oxygen atoms in total. The van der Waals surface area contributed by atoms with Gasteiger partial charge in [-0.15, -0.1) is 0 Å². The number of amides is 1. The van der Waals surface area contributed by atoms with Crippen LogP contribution in [-0.2, 0) is 4.79 Å². The molecule has 1 aliphatic heterocycles. The van der Waals surface area contributed by atoms with Gasteiger partial charge in [-0.25, -0.2) is 0 Å². The number of aliphatic hydroxyl groups is 1. The zero-order valence-electron chi connectivity index (χ0n) is 12.1. The maximum Gasteiger partial charge on any atom is 0.230 e. The standard InChI is InChI=1S/C16H24N2O2/c1-2-3-10-18(11-12-19)16(20)14-8-9-17-15-7-5-4-6-13(14)15/h4-7,14,17,19H,2-3,8-12H2,1H3. The molecule has 1 aliphatic rings. The number of carbonyl (C=O) groups excluding carboxylic acids is 1. The average Bonchev–Trinajstić information content (AvgIpc) is 2.50. The first-order valence-electron chi connectivity index (χ1n) is 7.50. The minimum atomic E-state index is -0.0733. The lowest BCUT2D eigenvalue weighted by molar-refractivity contribution is -0.133. The Morgan fingerprint density at radius 2 is 2.20 bits per heavy atom. The van der Waals surface area contributed by atoms with Crippen LogP contribution >= 0.6 is 0 Å². The molecule has 0 saturated carbocycles. The van der Waals surface area contributed by atoms with E-state index in [0.29, 0.717) is 6.54 Å². The first-order chi connectivity index (χ1) is 9.77. The van der Waals surface area contributed by atoms with Crippen molar-refractivity contribution in [3.8, 4) is 0 Å². The molecule has 0 spiro atoms. The van der Waals surface area contributed by atoms with Crippen molar-refractivity contribution in [3.63, 3.8) is 0 Å². The van der Waals surface area contributed by atoms with Crippen molar-refractivity contribution >= 4 is 11.6 Å². The van der Waals surface area contributed by atoms with Crippen LogP contribution in [0.1, 0.15) is 37.7 Å². The van der Waals surface area contributed by atoms with E-state index in [1.165, 1.54) is 0 Å². The van der Waals surface area contributed by atoms with Crippen LogP contribution in [0.5, 0.6) is 0 Å². The molecular weight excluding hydrogens is 252 g/mol. The Balaban J connectivity index is 2.15. The van der Waals surface area contributed by atoms with Crippen LogP contribution in [-0.4, -0.2) is 42.2 Å². The second-order valence-corrected chi connectivity index (χ2v) is 5.26. The number of unbranched alkanes of at least 4 members (excludes halogenated alkanes) is 1. The average molecular weight is 276 g/mol. The van der Waals surface area contributed by atoms with Gasteiger partial charge in [-0.05, 0) is 24.5 Å². The summed E-state index contributed by atoms with van der Waals surface area (Å²) in [6.07, 6.45) is 2.86. The van der Waals surface area contributed by atoms with Gasteiger partial charge in [-0.2, -0.15) is 0 Å².